The zero-order valence-electron chi connectivity index (χ0n) is 20.2. The Hall–Kier alpha value is -3.48. The normalized spacial score (nSPS) is 10.9. The molecule has 2 heterocycles. The summed E-state index contributed by atoms with van der Waals surface area (Å²) in [5.41, 5.74) is 1.34. The van der Waals surface area contributed by atoms with Crippen molar-refractivity contribution in [3.63, 3.8) is 0 Å². The first kappa shape index (κ1) is 27.6. The second-order valence-electron chi connectivity index (χ2n) is 7.70. The summed E-state index contributed by atoms with van der Waals surface area (Å²) in [5.74, 6) is -1.05. The van der Waals surface area contributed by atoms with E-state index < -0.39 is 17.6 Å². The quantitative estimate of drug-likeness (QED) is 0.181. The molecule has 8 nitrogen and oxygen atoms in total. The Morgan fingerprint density at radius 1 is 1.13 bits per heavy atom. The van der Waals surface area contributed by atoms with Gasteiger partial charge in [0, 0.05) is 17.5 Å². The second kappa shape index (κ2) is 12.4. The first-order chi connectivity index (χ1) is 18.3. The highest BCUT2D eigenvalue weighted by Gasteiger charge is 2.23. The van der Waals surface area contributed by atoms with Crippen LogP contribution in [0.3, 0.4) is 0 Å². The molecule has 1 N–H and O–H groups in total. The third-order valence-electron chi connectivity index (χ3n) is 5.28. The molecule has 0 aliphatic rings. The van der Waals surface area contributed by atoms with E-state index in [-0.39, 0.29) is 28.9 Å². The van der Waals surface area contributed by atoms with Crippen LogP contribution in [0, 0.1) is 11.6 Å². The molecule has 0 spiro atoms. The maximum absolute atomic E-state index is 13.4. The molecule has 0 saturated heterocycles. The van der Waals surface area contributed by atoms with E-state index in [1.54, 1.807) is 22.1 Å². The lowest BCUT2D eigenvalue weighted by molar-refractivity contribution is -0.113. The van der Waals surface area contributed by atoms with Crippen molar-refractivity contribution in [1.29, 1.82) is 0 Å². The number of hydrogen-bond donors (Lipinski definition) is 1. The fraction of sp³-hybridized carbons (Fsp3) is 0.200. The topological polar surface area (TPSA) is 95.3 Å². The van der Waals surface area contributed by atoms with Gasteiger partial charge in [-0.1, -0.05) is 35.5 Å². The molecule has 1 amide bonds. The highest BCUT2D eigenvalue weighted by Crippen LogP contribution is 2.36. The Morgan fingerprint density at radius 3 is 2.55 bits per heavy atom. The zero-order valence-corrected chi connectivity index (χ0v) is 22.6. The minimum absolute atomic E-state index is 0.00677. The van der Waals surface area contributed by atoms with Crippen LogP contribution in [0.5, 0.6) is 5.75 Å². The lowest BCUT2D eigenvalue weighted by atomic mass is 10.0. The van der Waals surface area contributed by atoms with Gasteiger partial charge in [0.25, 0.3) is 0 Å². The number of nitrogens with zero attached hydrogens (tertiary/aromatic N) is 3. The fourth-order valence-electron chi connectivity index (χ4n) is 3.47. The molecule has 4 aromatic rings. The molecule has 0 atom stereocenters. The number of benzene rings is 2. The number of esters is 1. The Bertz CT molecular complexity index is 1460. The third-order valence-corrected chi connectivity index (χ3v) is 7.44. The van der Waals surface area contributed by atoms with Crippen LogP contribution in [0.15, 0.2) is 53.0 Å². The van der Waals surface area contributed by atoms with E-state index in [0.29, 0.717) is 39.4 Å². The van der Waals surface area contributed by atoms with Crippen molar-refractivity contribution in [3.05, 3.63) is 75.9 Å². The summed E-state index contributed by atoms with van der Waals surface area (Å²) in [6, 6.07) is 9.51. The zero-order chi connectivity index (χ0) is 27.2. The fourth-order valence-corrected chi connectivity index (χ4v) is 5.49. The van der Waals surface area contributed by atoms with Crippen LogP contribution < -0.4 is 10.1 Å². The summed E-state index contributed by atoms with van der Waals surface area (Å²) >= 11 is 8.34. The number of rotatable bonds is 10. The van der Waals surface area contributed by atoms with Crippen molar-refractivity contribution in [1.82, 2.24) is 14.8 Å². The van der Waals surface area contributed by atoms with Crippen molar-refractivity contribution in [2.24, 2.45) is 0 Å². The molecule has 0 aliphatic carbocycles. The Labute approximate surface area is 229 Å². The van der Waals surface area contributed by atoms with Crippen LogP contribution in [-0.2, 0) is 22.7 Å². The Kier molecular flexibility index (Phi) is 8.97. The van der Waals surface area contributed by atoms with E-state index in [9.17, 15) is 18.4 Å². The molecule has 2 aromatic carbocycles. The van der Waals surface area contributed by atoms with Gasteiger partial charge in [0.1, 0.15) is 34.6 Å². The molecule has 13 heteroatoms. The number of anilines is 1. The molecule has 0 aliphatic heterocycles. The first-order valence-electron chi connectivity index (χ1n) is 11.2. The van der Waals surface area contributed by atoms with Gasteiger partial charge in [-0.15, -0.1) is 21.5 Å². The van der Waals surface area contributed by atoms with Gasteiger partial charge in [-0.3, -0.25) is 4.79 Å². The number of thioether (sulfide) groups is 1. The van der Waals surface area contributed by atoms with Gasteiger partial charge in [0.15, 0.2) is 11.0 Å². The molecular weight excluding hydrogens is 558 g/mol. The molecule has 4 rings (SSSR count). The molecule has 0 unspecified atom stereocenters. The molecular formula is C25H21ClF2N4O4S2. The van der Waals surface area contributed by atoms with Crippen molar-refractivity contribution in [2.45, 2.75) is 25.2 Å². The highest BCUT2D eigenvalue weighted by molar-refractivity contribution is 7.99. The largest absolute Gasteiger partial charge is 0.484 e. The van der Waals surface area contributed by atoms with Crippen LogP contribution in [0.4, 0.5) is 13.8 Å². The third kappa shape index (κ3) is 6.32. The number of carbonyl (C=O) groups is 2. The van der Waals surface area contributed by atoms with Gasteiger partial charge < -0.3 is 19.4 Å². The number of methoxy groups -OCH3 is 1. The summed E-state index contributed by atoms with van der Waals surface area (Å²) in [6.07, 6.45) is 0. The van der Waals surface area contributed by atoms with Crippen LogP contribution in [0.25, 0.3) is 11.1 Å². The van der Waals surface area contributed by atoms with Gasteiger partial charge in [0.2, 0.25) is 5.91 Å². The van der Waals surface area contributed by atoms with Crippen LogP contribution in [-0.4, -0.2) is 39.5 Å². The maximum Gasteiger partial charge on any atom is 0.341 e. The van der Waals surface area contributed by atoms with Gasteiger partial charge in [-0.25, -0.2) is 13.6 Å². The number of nitrogens with one attached hydrogen (secondary N) is 1. The number of amides is 1. The molecule has 38 heavy (non-hydrogen) atoms. The predicted octanol–water partition coefficient (Wildman–Crippen LogP) is 6.05. The molecule has 2 aromatic heterocycles. The van der Waals surface area contributed by atoms with E-state index in [1.807, 2.05) is 6.92 Å². The Balaban J connectivity index is 1.43. The number of ether oxygens (including phenoxy) is 2. The average Bonchev–Trinajstić information content (AvgIpc) is 3.50. The van der Waals surface area contributed by atoms with Crippen LogP contribution in [0.1, 0.15) is 23.1 Å². The molecule has 0 radical (unpaired) electrons. The van der Waals surface area contributed by atoms with Crippen molar-refractivity contribution in [2.75, 3.05) is 18.2 Å². The summed E-state index contributed by atoms with van der Waals surface area (Å²) in [7, 11) is 1.25. The average molecular weight is 579 g/mol. The molecule has 0 bridgehead atoms. The molecule has 0 saturated carbocycles. The van der Waals surface area contributed by atoms with Gasteiger partial charge >= 0.3 is 5.97 Å². The highest BCUT2D eigenvalue weighted by atomic mass is 35.5. The van der Waals surface area contributed by atoms with E-state index in [0.717, 1.165) is 17.8 Å². The van der Waals surface area contributed by atoms with Gasteiger partial charge in [0.05, 0.1) is 17.9 Å². The lowest BCUT2D eigenvalue weighted by Gasteiger charge is -2.10. The summed E-state index contributed by atoms with van der Waals surface area (Å²) in [4.78, 5) is 25.3. The maximum atomic E-state index is 13.4. The number of thiophene rings is 1. The van der Waals surface area contributed by atoms with Crippen molar-refractivity contribution in [3.8, 4) is 16.9 Å². The van der Waals surface area contributed by atoms with Crippen LogP contribution >= 0.6 is 34.7 Å². The van der Waals surface area contributed by atoms with E-state index in [4.69, 9.17) is 21.1 Å². The Morgan fingerprint density at radius 2 is 1.87 bits per heavy atom. The number of hydrogen-bond acceptors (Lipinski definition) is 8. The van der Waals surface area contributed by atoms with E-state index in [1.165, 1.54) is 42.7 Å². The molecule has 0 fully saturated rings. The molecule has 198 valence electrons. The summed E-state index contributed by atoms with van der Waals surface area (Å²) in [6.45, 7) is 2.46. The number of aromatic nitrogens is 3. The van der Waals surface area contributed by atoms with Gasteiger partial charge in [-0.05, 0) is 42.8 Å². The van der Waals surface area contributed by atoms with Gasteiger partial charge in [-0.2, -0.15) is 0 Å². The smallest absolute Gasteiger partial charge is 0.341 e. The minimum Gasteiger partial charge on any atom is -0.484 e. The van der Waals surface area contributed by atoms with E-state index in [2.05, 4.69) is 15.5 Å². The van der Waals surface area contributed by atoms with Crippen molar-refractivity contribution < 1.29 is 27.8 Å². The first-order valence-corrected chi connectivity index (χ1v) is 13.4. The predicted molar refractivity (Wildman–Crippen MR) is 142 cm³/mol. The van der Waals surface area contributed by atoms with Crippen molar-refractivity contribution >= 4 is 51.6 Å². The van der Waals surface area contributed by atoms with Crippen LogP contribution in [0.2, 0.25) is 5.02 Å². The summed E-state index contributed by atoms with van der Waals surface area (Å²) in [5, 5.41) is 13.7. The lowest BCUT2D eigenvalue weighted by Crippen LogP contribution is -2.16. The SMILES string of the molecule is CCn1c(COc2ccc(F)cc2Cl)nnc1SCC(=O)Nc1scc(-c2ccc(F)cc2)c1C(=O)OC. The monoisotopic (exact) mass is 578 g/mol. The second-order valence-corrected chi connectivity index (χ2v) is 9.92. The minimum atomic E-state index is -0.620. The number of halogens is 3. The van der Waals surface area contributed by atoms with E-state index >= 15 is 0 Å². The number of carbonyl (C=O) groups excluding carboxylic acids is 2. The summed E-state index contributed by atoms with van der Waals surface area (Å²) < 4.78 is 39.0. The standard InChI is InChI=1S/C25H21ClF2N4O4S2/c1-3-32-20(11-36-19-9-8-16(28)10-18(19)26)30-31-25(32)38-13-21(33)29-23-22(24(34)35-2)17(12-37-23)14-4-6-15(27)7-5-14/h4-10,12H,3,11,13H2,1-2H3,(H,29,33).